The van der Waals surface area contributed by atoms with Crippen LogP contribution >= 0.6 is 36.1 Å². The fourth-order valence-electron chi connectivity index (χ4n) is 1.54. The predicted molar refractivity (Wildman–Crippen MR) is 76.4 cm³/mol. The van der Waals surface area contributed by atoms with Crippen molar-refractivity contribution in [1.29, 1.82) is 0 Å². The molecule has 3 heteroatoms. The van der Waals surface area contributed by atoms with Gasteiger partial charge in [0.05, 0.1) is 0 Å². The average molecular weight is 488 g/mol. The number of rotatable bonds is 0. The number of hydrogen-bond donors (Lipinski definition) is 0. The first-order valence-corrected chi connectivity index (χ1v) is 18.9. The Kier molecular flexibility index (Phi) is 6.49. The summed E-state index contributed by atoms with van der Waals surface area (Å²) in [5.74, 6) is 0. The summed E-state index contributed by atoms with van der Waals surface area (Å²) >= 11 is 5.06. The SMILES string of the molecule is Cc1ccc(C)c2c1[CH]C=C2.[I][Zr][I]. The molecule has 0 nitrogen and oxygen atoms in total. The van der Waals surface area contributed by atoms with E-state index in [0.29, 0.717) is 0 Å². The molecule has 0 saturated heterocycles. The molecule has 2 rings (SSSR count). The second-order valence-electron chi connectivity index (χ2n) is 3.12. The molecule has 0 spiro atoms. The van der Waals surface area contributed by atoms with Crippen molar-refractivity contribution >= 4 is 42.2 Å². The van der Waals surface area contributed by atoms with Crippen molar-refractivity contribution in [2.45, 2.75) is 13.8 Å². The van der Waals surface area contributed by atoms with E-state index in [0.717, 1.165) is 0 Å². The van der Waals surface area contributed by atoms with Gasteiger partial charge in [0.25, 0.3) is 0 Å². The van der Waals surface area contributed by atoms with Crippen LogP contribution in [-0.4, -0.2) is 0 Å². The summed E-state index contributed by atoms with van der Waals surface area (Å²) in [5.41, 5.74) is 5.53. The molecule has 1 aliphatic rings. The summed E-state index contributed by atoms with van der Waals surface area (Å²) in [6.07, 6.45) is 6.47. The van der Waals surface area contributed by atoms with Gasteiger partial charge in [0.15, 0.2) is 0 Å². The average Bonchev–Trinajstić information content (AvgIpc) is 2.62. The molecule has 0 bridgehead atoms. The Labute approximate surface area is 116 Å². The first-order valence-electron chi connectivity index (χ1n) is 4.28. The maximum absolute atomic E-state index is 2.45. The van der Waals surface area contributed by atoms with Crippen LogP contribution in [0.15, 0.2) is 18.2 Å². The van der Waals surface area contributed by atoms with E-state index in [9.17, 15) is 0 Å². The Balaban J connectivity index is 0.000000293. The Bertz CT molecular complexity index is 345. The van der Waals surface area contributed by atoms with Crippen LogP contribution in [0, 0.1) is 20.3 Å². The molecule has 0 unspecified atom stereocenters. The van der Waals surface area contributed by atoms with Gasteiger partial charge in [-0.05, 0) is 36.1 Å². The minimum atomic E-state index is 0.170. The van der Waals surface area contributed by atoms with Gasteiger partial charge in [-0.1, -0.05) is 24.3 Å². The van der Waals surface area contributed by atoms with Crippen molar-refractivity contribution < 1.29 is 14.9 Å². The first kappa shape index (κ1) is 13.4. The summed E-state index contributed by atoms with van der Waals surface area (Å²) < 4.78 is 0. The zero-order chi connectivity index (χ0) is 10.6. The topological polar surface area (TPSA) is 0 Å². The quantitative estimate of drug-likeness (QED) is 0.467. The Morgan fingerprint density at radius 1 is 1.00 bits per heavy atom. The molecule has 73 valence electrons. The van der Waals surface area contributed by atoms with Gasteiger partial charge in [-0.2, -0.15) is 0 Å². The van der Waals surface area contributed by atoms with Crippen molar-refractivity contribution in [3.05, 3.63) is 46.9 Å². The van der Waals surface area contributed by atoms with Crippen LogP contribution in [0.2, 0.25) is 0 Å². The van der Waals surface area contributed by atoms with E-state index in [2.05, 4.69) is 80.6 Å². The molecule has 1 aliphatic carbocycles. The zero-order valence-corrected chi connectivity index (χ0v) is 14.9. The van der Waals surface area contributed by atoms with Crippen LogP contribution in [0.5, 0.6) is 0 Å². The Morgan fingerprint density at radius 3 is 2.00 bits per heavy atom. The fraction of sp³-hybridized carbons (Fsp3) is 0.182. The molecule has 1 radical (unpaired) electrons. The Hall–Kier alpha value is 1.30. The summed E-state index contributed by atoms with van der Waals surface area (Å²) in [5, 5.41) is 0. The van der Waals surface area contributed by atoms with Crippen LogP contribution in [-0.2, 0) is 14.9 Å². The van der Waals surface area contributed by atoms with Gasteiger partial charge in [0, 0.05) is 6.42 Å². The van der Waals surface area contributed by atoms with E-state index < -0.39 is 0 Å². The van der Waals surface area contributed by atoms with Gasteiger partial charge in [0.1, 0.15) is 0 Å². The molecule has 0 aromatic heterocycles. The molecule has 0 atom stereocenters. The monoisotopic (exact) mass is 487 g/mol. The Morgan fingerprint density at radius 2 is 1.50 bits per heavy atom. The molecule has 0 amide bonds. The normalized spacial score (nSPS) is 11.7. The van der Waals surface area contributed by atoms with E-state index >= 15 is 0 Å². The van der Waals surface area contributed by atoms with E-state index in [-0.39, 0.29) is 14.9 Å². The van der Waals surface area contributed by atoms with Gasteiger partial charge in [-0.3, -0.25) is 0 Å². The van der Waals surface area contributed by atoms with Crippen molar-refractivity contribution in [1.82, 2.24) is 0 Å². The second kappa shape index (κ2) is 6.79. The summed E-state index contributed by atoms with van der Waals surface area (Å²) in [7, 11) is 0. The van der Waals surface area contributed by atoms with E-state index in [1.54, 1.807) is 0 Å². The van der Waals surface area contributed by atoms with Gasteiger partial charge >= 0.3 is 50.9 Å². The van der Waals surface area contributed by atoms with Crippen molar-refractivity contribution in [3.8, 4) is 0 Å². The minimum absolute atomic E-state index is 0.170. The molecule has 0 heterocycles. The maximum atomic E-state index is 2.45. The van der Waals surface area contributed by atoms with E-state index in [1.807, 2.05) is 0 Å². The van der Waals surface area contributed by atoms with Gasteiger partial charge in [0.2, 0.25) is 0 Å². The van der Waals surface area contributed by atoms with Crippen LogP contribution in [0.3, 0.4) is 0 Å². The van der Waals surface area contributed by atoms with Crippen molar-refractivity contribution in [3.63, 3.8) is 0 Å². The summed E-state index contributed by atoms with van der Waals surface area (Å²) in [6, 6.07) is 4.36. The van der Waals surface area contributed by atoms with Crippen molar-refractivity contribution in [2.24, 2.45) is 0 Å². The third kappa shape index (κ3) is 3.41. The molecule has 1 aromatic carbocycles. The van der Waals surface area contributed by atoms with E-state index in [1.165, 1.54) is 22.3 Å². The second-order valence-corrected chi connectivity index (χ2v) is 22.1. The molecular weight excluding hydrogens is 477 g/mol. The van der Waals surface area contributed by atoms with Gasteiger partial charge in [-0.15, -0.1) is 0 Å². The number of allylic oxidation sites excluding steroid dienone is 1. The van der Waals surface area contributed by atoms with E-state index in [4.69, 9.17) is 0 Å². The molecule has 14 heavy (non-hydrogen) atoms. The molecule has 0 N–H and O–H groups in total. The molecule has 0 aliphatic heterocycles. The molecule has 1 aromatic rings. The number of aryl methyl sites for hydroxylation is 2. The summed E-state index contributed by atoms with van der Waals surface area (Å²) in [4.78, 5) is 0. The standard InChI is InChI=1S/C11H11.2HI.Zr/c1-8-6-7-9(2)11-5-3-4-10(8)11;;;/h3-7H,1-2H3;2*1H;/q;;;+2/p-2. The van der Waals surface area contributed by atoms with Crippen LogP contribution in [0.4, 0.5) is 0 Å². The van der Waals surface area contributed by atoms with Gasteiger partial charge in [-0.25, -0.2) is 0 Å². The van der Waals surface area contributed by atoms with Gasteiger partial charge < -0.3 is 0 Å². The molecule has 0 fully saturated rings. The number of hydrogen-bond acceptors (Lipinski definition) is 0. The van der Waals surface area contributed by atoms with Crippen LogP contribution in [0.25, 0.3) is 6.08 Å². The molecule has 0 saturated carbocycles. The number of fused-ring (bicyclic) bond motifs is 1. The summed E-state index contributed by atoms with van der Waals surface area (Å²) in [6.45, 7) is 4.31. The van der Waals surface area contributed by atoms with Crippen LogP contribution in [0.1, 0.15) is 22.3 Å². The zero-order valence-electron chi connectivity index (χ0n) is 8.14. The number of benzene rings is 1. The van der Waals surface area contributed by atoms with Crippen LogP contribution < -0.4 is 0 Å². The number of halogens is 2. The third-order valence-corrected chi connectivity index (χ3v) is 2.25. The molecular formula is C11H11I2Zr. The predicted octanol–water partition coefficient (Wildman–Crippen LogP) is 4.65. The third-order valence-electron chi connectivity index (χ3n) is 2.25. The first-order chi connectivity index (χ1) is 6.70. The fourth-order valence-corrected chi connectivity index (χ4v) is 1.54. The van der Waals surface area contributed by atoms with Crippen molar-refractivity contribution in [2.75, 3.05) is 0 Å².